The van der Waals surface area contributed by atoms with E-state index in [-0.39, 0.29) is 5.78 Å². The molecule has 0 saturated heterocycles. The van der Waals surface area contributed by atoms with Gasteiger partial charge in [-0.3, -0.25) is 9.59 Å². The fourth-order valence-corrected chi connectivity index (χ4v) is 2.46. The Kier molecular flexibility index (Phi) is 5.46. The predicted molar refractivity (Wildman–Crippen MR) is 90.2 cm³/mol. The van der Waals surface area contributed by atoms with E-state index in [1.807, 2.05) is 6.07 Å². The highest BCUT2D eigenvalue weighted by atomic mass is 35.5. The maximum absolute atomic E-state index is 12.7. The highest BCUT2D eigenvalue weighted by Gasteiger charge is 2.23. The van der Waals surface area contributed by atoms with E-state index in [1.165, 1.54) is 18.0 Å². The number of benzene rings is 2. The molecular weight excluding hydrogens is 345 g/mol. The molecule has 0 aliphatic carbocycles. The number of anilines is 1. The lowest BCUT2D eigenvalue weighted by atomic mass is 10.0. The Hall–Kier alpha value is -1.55. The Morgan fingerprint density at radius 2 is 1.68 bits per heavy atom. The summed E-state index contributed by atoms with van der Waals surface area (Å²) in [6, 6.07) is 13.4. The summed E-state index contributed by atoms with van der Waals surface area (Å²) in [5.41, 5.74) is 1.21. The van der Waals surface area contributed by atoms with Gasteiger partial charge in [-0.1, -0.05) is 65.1 Å². The summed E-state index contributed by atoms with van der Waals surface area (Å²) in [7, 11) is 1.51. The van der Waals surface area contributed by atoms with Crippen molar-refractivity contribution in [3.63, 3.8) is 0 Å². The SMILES string of the molecule is CN(C(=O)C(Cl)Cl)c1ccc(Cl)cc1C(=O)c1ccccc1. The summed E-state index contributed by atoms with van der Waals surface area (Å²) in [4.78, 5) is 24.7. The van der Waals surface area contributed by atoms with Gasteiger partial charge in [0.05, 0.1) is 5.69 Å². The first kappa shape index (κ1) is 16.8. The Morgan fingerprint density at radius 3 is 2.27 bits per heavy atom. The zero-order valence-electron chi connectivity index (χ0n) is 11.6. The van der Waals surface area contributed by atoms with Gasteiger partial charge in [0.1, 0.15) is 0 Å². The molecule has 0 fully saturated rings. The van der Waals surface area contributed by atoms with E-state index in [2.05, 4.69) is 0 Å². The lowest BCUT2D eigenvalue weighted by Crippen LogP contribution is -2.32. The number of hydrogen-bond donors (Lipinski definition) is 0. The quantitative estimate of drug-likeness (QED) is 0.604. The van der Waals surface area contributed by atoms with Crippen LogP contribution in [-0.4, -0.2) is 23.6 Å². The molecule has 114 valence electrons. The molecule has 2 aromatic rings. The average Bonchev–Trinajstić information content (AvgIpc) is 2.53. The molecule has 0 saturated carbocycles. The molecule has 0 heterocycles. The largest absolute Gasteiger partial charge is 0.312 e. The minimum absolute atomic E-state index is 0.238. The topological polar surface area (TPSA) is 37.4 Å². The van der Waals surface area contributed by atoms with Crippen molar-refractivity contribution >= 4 is 52.2 Å². The van der Waals surface area contributed by atoms with E-state index in [0.717, 1.165) is 0 Å². The molecule has 1 amide bonds. The predicted octanol–water partition coefficient (Wildman–Crippen LogP) is 4.34. The van der Waals surface area contributed by atoms with Gasteiger partial charge < -0.3 is 4.90 Å². The van der Waals surface area contributed by atoms with Crippen LogP contribution in [0.5, 0.6) is 0 Å². The Labute approximate surface area is 143 Å². The number of carbonyl (C=O) groups excluding carboxylic acids is 2. The monoisotopic (exact) mass is 355 g/mol. The van der Waals surface area contributed by atoms with E-state index in [4.69, 9.17) is 34.8 Å². The number of ketones is 1. The molecule has 0 aliphatic rings. The maximum atomic E-state index is 12.7. The number of halogens is 3. The first-order chi connectivity index (χ1) is 10.4. The van der Waals surface area contributed by atoms with Crippen LogP contribution >= 0.6 is 34.8 Å². The van der Waals surface area contributed by atoms with Gasteiger partial charge in [-0.25, -0.2) is 0 Å². The van der Waals surface area contributed by atoms with Crippen LogP contribution < -0.4 is 4.90 Å². The summed E-state index contributed by atoms with van der Waals surface area (Å²) >= 11 is 17.2. The van der Waals surface area contributed by atoms with Gasteiger partial charge in [-0.2, -0.15) is 0 Å². The summed E-state index contributed by atoms with van der Waals surface area (Å²) < 4.78 is 0. The van der Waals surface area contributed by atoms with Crippen LogP contribution in [0.4, 0.5) is 5.69 Å². The highest BCUT2D eigenvalue weighted by Crippen LogP contribution is 2.27. The van der Waals surface area contributed by atoms with E-state index >= 15 is 0 Å². The van der Waals surface area contributed by atoms with Crippen molar-refractivity contribution in [2.24, 2.45) is 0 Å². The summed E-state index contributed by atoms with van der Waals surface area (Å²) in [6.45, 7) is 0. The number of carbonyl (C=O) groups is 2. The average molecular weight is 357 g/mol. The lowest BCUT2D eigenvalue weighted by molar-refractivity contribution is -0.116. The Morgan fingerprint density at radius 1 is 1.05 bits per heavy atom. The second kappa shape index (κ2) is 7.14. The lowest BCUT2D eigenvalue weighted by Gasteiger charge is -2.21. The van der Waals surface area contributed by atoms with Gasteiger partial charge in [0.25, 0.3) is 5.91 Å². The van der Waals surface area contributed by atoms with Gasteiger partial charge in [-0.05, 0) is 18.2 Å². The zero-order valence-corrected chi connectivity index (χ0v) is 13.9. The molecule has 22 heavy (non-hydrogen) atoms. The fourth-order valence-electron chi connectivity index (χ4n) is 1.99. The van der Waals surface area contributed by atoms with Crippen molar-refractivity contribution in [2.45, 2.75) is 4.84 Å². The van der Waals surface area contributed by atoms with E-state index in [0.29, 0.717) is 21.8 Å². The van der Waals surface area contributed by atoms with Crippen LogP contribution in [-0.2, 0) is 4.79 Å². The third kappa shape index (κ3) is 3.61. The first-order valence-electron chi connectivity index (χ1n) is 6.37. The summed E-state index contributed by atoms with van der Waals surface area (Å²) in [5, 5.41) is 0.400. The molecule has 0 unspecified atom stereocenters. The molecule has 0 N–H and O–H groups in total. The van der Waals surface area contributed by atoms with Crippen molar-refractivity contribution in [3.05, 3.63) is 64.7 Å². The van der Waals surface area contributed by atoms with Gasteiger partial charge in [0.2, 0.25) is 0 Å². The van der Waals surface area contributed by atoms with Crippen molar-refractivity contribution in [2.75, 3.05) is 11.9 Å². The molecule has 0 bridgehead atoms. The fraction of sp³-hybridized carbons (Fsp3) is 0.125. The van der Waals surface area contributed by atoms with Gasteiger partial charge >= 0.3 is 0 Å². The van der Waals surface area contributed by atoms with Crippen LogP contribution in [0.2, 0.25) is 5.02 Å². The zero-order chi connectivity index (χ0) is 16.3. The molecule has 2 rings (SSSR count). The molecule has 6 heteroatoms. The number of alkyl halides is 2. The number of nitrogens with zero attached hydrogens (tertiary/aromatic N) is 1. The second-order valence-electron chi connectivity index (χ2n) is 4.55. The van der Waals surface area contributed by atoms with Crippen molar-refractivity contribution in [3.8, 4) is 0 Å². The highest BCUT2D eigenvalue weighted by molar-refractivity contribution is 6.54. The van der Waals surface area contributed by atoms with Crippen LogP contribution in [0, 0.1) is 0 Å². The number of rotatable bonds is 4. The van der Waals surface area contributed by atoms with Crippen LogP contribution in [0.3, 0.4) is 0 Å². The smallest absolute Gasteiger partial charge is 0.260 e. The second-order valence-corrected chi connectivity index (χ2v) is 6.09. The van der Waals surface area contributed by atoms with E-state index in [9.17, 15) is 9.59 Å². The summed E-state index contributed by atoms with van der Waals surface area (Å²) in [5.74, 6) is -0.758. The third-order valence-corrected chi connectivity index (χ3v) is 3.73. The minimum Gasteiger partial charge on any atom is -0.312 e. The van der Waals surface area contributed by atoms with Crippen molar-refractivity contribution < 1.29 is 9.59 Å². The van der Waals surface area contributed by atoms with Crippen LogP contribution in [0.1, 0.15) is 15.9 Å². The van der Waals surface area contributed by atoms with Crippen molar-refractivity contribution in [1.82, 2.24) is 0 Å². The van der Waals surface area contributed by atoms with Gasteiger partial charge in [0.15, 0.2) is 10.6 Å². The molecule has 3 nitrogen and oxygen atoms in total. The normalized spacial score (nSPS) is 10.6. The minimum atomic E-state index is -1.21. The van der Waals surface area contributed by atoms with Crippen molar-refractivity contribution in [1.29, 1.82) is 0 Å². The molecule has 0 aromatic heterocycles. The van der Waals surface area contributed by atoms with E-state index in [1.54, 1.807) is 36.4 Å². The molecule has 2 aromatic carbocycles. The van der Waals surface area contributed by atoms with E-state index < -0.39 is 10.7 Å². The van der Waals surface area contributed by atoms with Gasteiger partial charge in [0, 0.05) is 23.2 Å². The Balaban J connectivity index is 2.49. The third-order valence-electron chi connectivity index (χ3n) is 3.12. The summed E-state index contributed by atoms with van der Waals surface area (Å²) in [6.07, 6.45) is 0. The number of hydrogen-bond acceptors (Lipinski definition) is 2. The molecular formula is C16H12Cl3NO2. The first-order valence-corrected chi connectivity index (χ1v) is 7.62. The maximum Gasteiger partial charge on any atom is 0.260 e. The molecule has 0 aliphatic heterocycles. The molecule has 0 spiro atoms. The Bertz CT molecular complexity index is 702. The molecule has 0 radical (unpaired) electrons. The van der Waals surface area contributed by atoms with Crippen LogP contribution in [0.25, 0.3) is 0 Å². The standard InChI is InChI=1S/C16H12Cl3NO2/c1-20(16(22)15(18)19)13-8-7-11(17)9-12(13)14(21)10-5-3-2-4-6-10/h2-9,15H,1H3. The van der Waals surface area contributed by atoms with Gasteiger partial charge in [-0.15, -0.1) is 0 Å². The molecule has 0 atom stereocenters. The van der Waals surface area contributed by atoms with Crippen LogP contribution in [0.15, 0.2) is 48.5 Å². The number of amides is 1.